The molecule has 0 fully saturated rings. The van der Waals surface area contributed by atoms with Gasteiger partial charge < -0.3 is 4.98 Å². The highest BCUT2D eigenvalue weighted by Gasteiger charge is 2.25. The van der Waals surface area contributed by atoms with Crippen LogP contribution in [0.5, 0.6) is 0 Å². The highest BCUT2D eigenvalue weighted by molar-refractivity contribution is 7.99. The average molecular weight is 280 g/mol. The number of aromatic amines is 1. The second-order valence-corrected chi connectivity index (χ2v) is 6.74. The monoisotopic (exact) mass is 280 g/mol. The van der Waals surface area contributed by atoms with E-state index in [1.165, 1.54) is 21.6 Å². The normalized spacial score (nSPS) is 17.6. The van der Waals surface area contributed by atoms with Gasteiger partial charge in [-0.1, -0.05) is 18.2 Å². The lowest BCUT2D eigenvalue weighted by atomic mass is 10.1. The van der Waals surface area contributed by atoms with Crippen LogP contribution in [0.25, 0.3) is 11.0 Å². The van der Waals surface area contributed by atoms with Crippen molar-refractivity contribution in [3.8, 4) is 0 Å². The molecule has 2 heterocycles. The van der Waals surface area contributed by atoms with Crippen LogP contribution in [-0.4, -0.2) is 9.97 Å². The molecule has 1 atom stereocenters. The molecule has 2 nitrogen and oxygen atoms in total. The molecule has 0 bridgehead atoms. The first-order chi connectivity index (χ1) is 9.70. The number of thioether (sulfide) groups is 1. The number of nitrogens with zero attached hydrogens (tertiary/aromatic N) is 1. The topological polar surface area (TPSA) is 28.7 Å². The number of aryl methyl sites for hydroxylation is 2. The maximum absolute atomic E-state index is 4.80. The Bertz CT molecular complexity index is 740. The smallest absolute Gasteiger partial charge is 0.121 e. The van der Waals surface area contributed by atoms with Crippen LogP contribution in [0.4, 0.5) is 0 Å². The number of nitrogens with one attached hydrogen (secondary N) is 1. The van der Waals surface area contributed by atoms with E-state index in [2.05, 4.69) is 55.2 Å². The van der Waals surface area contributed by atoms with Gasteiger partial charge in [0.25, 0.3) is 0 Å². The first kappa shape index (κ1) is 12.0. The number of hydrogen-bond donors (Lipinski definition) is 1. The van der Waals surface area contributed by atoms with Crippen LogP contribution in [0, 0.1) is 13.8 Å². The van der Waals surface area contributed by atoms with Gasteiger partial charge in [-0.2, -0.15) is 0 Å². The highest BCUT2D eigenvalue weighted by Crippen LogP contribution is 2.45. The van der Waals surface area contributed by atoms with E-state index in [1.807, 2.05) is 11.8 Å². The number of hydrogen-bond acceptors (Lipinski definition) is 2. The van der Waals surface area contributed by atoms with Gasteiger partial charge in [-0.3, -0.25) is 0 Å². The largest absolute Gasteiger partial charge is 0.341 e. The lowest BCUT2D eigenvalue weighted by Gasteiger charge is -2.02. The summed E-state index contributed by atoms with van der Waals surface area (Å²) in [5.41, 5.74) is 6.29. The molecule has 2 aromatic carbocycles. The summed E-state index contributed by atoms with van der Waals surface area (Å²) in [6.45, 7) is 4.29. The maximum atomic E-state index is 4.80. The van der Waals surface area contributed by atoms with Gasteiger partial charge in [0.15, 0.2) is 0 Å². The zero-order valence-corrected chi connectivity index (χ0v) is 12.4. The molecule has 1 N–H and O–H groups in total. The Hall–Kier alpha value is -1.74. The molecular formula is C17H16N2S. The van der Waals surface area contributed by atoms with Crippen molar-refractivity contribution in [2.24, 2.45) is 0 Å². The molecule has 0 saturated carbocycles. The van der Waals surface area contributed by atoms with Gasteiger partial charge in [0.2, 0.25) is 0 Å². The van der Waals surface area contributed by atoms with E-state index >= 15 is 0 Å². The summed E-state index contributed by atoms with van der Waals surface area (Å²) < 4.78 is 0. The van der Waals surface area contributed by atoms with Gasteiger partial charge in [-0.25, -0.2) is 4.98 Å². The number of aromatic nitrogens is 2. The van der Waals surface area contributed by atoms with E-state index in [9.17, 15) is 0 Å². The number of imidazole rings is 1. The standard InChI is InChI=1S/C17H16N2S/c1-10-7-13-14(8-11(10)2)19-17(18-13)16-9-12-5-3-4-6-15(12)20-16/h3-8,16H,9H2,1-2H3,(H,18,19). The van der Waals surface area contributed by atoms with Crippen molar-refractivity contribution in [2.45, 2.75) is 30.4 Å². The first-order valence-corrected chi connectivity index (χ1v) is 7.80. The Morgan fingerprint density at radius 1 is 1.15 bits per heavy atom. The SMILES string of the molecule is Cc1cc2nc(C3Cc4ccccc4S3)[nH]c2cc1C. The zero-order valence-electron chi connectivity index (χ0n) is 11.6. The summed E-state index contributed by atoms with van der Waals surface area (Å²) in [4.78, 5) is 9.71. The zero-order chi connectivity index (χ0) is 13.7. The van der Waals surface area contributed by atoms with Crippen molar-refractivity contribution < 1.29 is 0 Å². The van der Waals surface area contributed by atoms with Crippen LogP contribution >= 0.6 is 11.8 Å². The Labute approximate surface area is 122 Å². The summed E-state index contributed by atoms with van der Waals surface area (Å²) in [5.74, 6) is 1.10. The molecule has 3 heteroatoms. The summed E-state index contributed by atoms with van der Waals surface area (Å²) >= 11 is 1.92. The molecule has 3 aromatic rings. The molecule has 0 amide bonds. The fraction of sp³-hybridized carbons (Fsp3) is 0.235. The van der Waals surface area contributed by atoms with Gasteiger partial charge in [0.05, 0.1) is 16.3 Å². The van der Waals surface area contributed by atoms with Crippen LogP contribution in [0.15, 0.2) is 41.3 Å². The van der Waals surface area contributed by atoms with Crippen molar-refractivity contribution in [1.82, 2.24) is 9.97 Å². The molecule has 100 valence electrons. The molecule has 0 aliphatic carbocycles. The lowest BCUT2D eigenvalue weighted by Crippen LogP contribution is -1.94. The van der Waals surface area contributed by atoms with Crippen LogP contribution in [-0.2, 0) is 6.42 Å². The third kappa shape index (κ3) is 1.85. The van der Waals surface area contributed by atoms with Gasteiger partial charge in [0.1, 0.15) is 5.82 Å². The van der Waals surface area contributed by atoms with Crippen LogP contribution < -0.4 is 0 Å². The Morgan fingerprint density at radius 3 is 2.80 bits per heavy atom. The van der Waals surface area contributed by atoms with Crippen molar-refractivity contribution in [3.63, 3.8) is 0 Å². The first-order valence-electron chi connectivity index (χ1n) is 6.92. The molecular weight excluding hydrogens is 264 g/mol. The molecule has 0 spiro atoms. The van der Waals surface area contributed by atoms with E-state index in [4.69, 9.17) is 4.98 Å². The molecule has 4 rings (SSSR count). The van der Waals surface area contributed by atoms with E-state index < -0.39 is 0 Å². The van der Waals surface area contributed by atoms with Crippen molar-refractivity contribution in [3.05, 3.63) is 58.9 Å². The van der Waals surface area contributed by atoms with Gasteiger partial charge >= 0.3 is 0 Å². The number of benzene rings is 2. The highest BCUT2D eigenvalue weighted by atomic mass is 32.2. The van der Waals surface area contributed by atoms with Crippen LogP contribution in [0.3, 0.4) is 0 Å². The predicted molar refractivity (Wildman–Crippen MR) is 84.3 cm³/mol. The summed E-state index contributed by atoms with van der Waals surface area (Å²) in [5, 5.41) is 0.417. The minimum Gasteiger partial charge on any atom is -0.341 e. The number of rotatable bonds is 1. The Morgan fingerprint density at radius 2 is 1.95 bits per heavy atom. The third-order valence-corrected chi connectivity index (χ3v) is 5.39. The summed E-state index contributed by atoms with van der Waals surface area (Å²) in [6.07, 6.45) is 1.07. The quantitative estimate of drug-likeness (QED) is 0.707. The summed E-state index contributed by atoms with van der Waals surface area (Å²) in [6, 6.07) is 13.0. The fourth-order valence-corrected chi connectivity index (χ4v) is 4.03. The predicted octanol–water partition coefficient (Wildman–Crippen LogP) is 4.57. The van der Waals surface area contributed by atoms with Crippen molar-refractivity contribution in [2.75, 3.05) is 0 Å². The van der Waals surface area contributed by atoms with E-state index in [0.29, 0.717) is 5.25 Å². The van der Waals surface area contributed by atoms with Crippen molar-refractivity contribution in [1.29, 1.82) is 0 Å². The molecule has 0 saturated heterocycles. The van der Waals surface area contributed by atoms with Crippen molar-refractivity contribution >= 4 is 22.8 Å². The van der Waals surface area contributed by atoms with Crippen LogP contribution in [0.2, 0.25) is 0 Å². The Balaban J connectivity index is 1.74. The second kappa shape index (κ2) is 4.38. The van der Waals surface area contributed by atoms with E-state index in [0.717, 1.165) is 23.3 Å². The van der Waals surface area contributed by atoms with E-state index in [-0.39, 0.29) is 0 Å². The van der Waals surface area contributed by atoms with Gasteiger partial charge in [-0.15, -0.1) is 11.8 Å². The molecule has 0 radical (unpaired) electrons. The summed E-state index contributed by atoms with van der Waals surface area (Å²) in [7, 11) is 0. The third-order valence-electron chi connectivity index (χ3n) is 4.07. The average Bonchev–Trinajstić information content (AvgIpc) is 3.02. The van der Waals surface area contributed by atoms with Gasteiger partial charge in [0, 0.05) is 4.90 Å². The molecule has 1 aromatic heterocycles. The minimum atomic E-state index is 0.417. The molecule has 1 aliphatic rings. The number of fused-ring (bicyclic) bond motifs is 2. The maximum Gasteiger partial charge on any atom is 0.121 e. The fourth-order valence-electron chi connectivity index (χ4n) is 2.78. The minimum absolute atomic E-state index is 0.417. The molecule has 1 unspecified atom stereocenters. The second-order valence-electron chi connectivity index (χ2n) is 5.49. The Kier molecular flexibility index (Phi) is 2.64. The molecule has 1 aliphatic heterocycles. The van der Waals surface area contributed by atoms with E-state index in [1.54, 1.807) is 0 Å². The van der Waals surface area contributed by atoms with Crippen LogP contribution in [0.1, 0.15) is 27.8 Å². The number of H-pyrrole nitrogens is 1. The molecule has 20 heavy (non-hydrogen) atoms. The van der Waals surface area contributed by atoms with Gasteiger partial charge in [-0.05, 0) is 55.2 Å². The lowest BCUT2D eigenvalue weighted by molar-refractivity contribution is 0.881.